The second-order valence-electron chi connectivity index (χ2n) is 5.88. The maximum atomic E-state index is 12.3. The molecule has 0 amide bonds. The van der Waals surface area contributed by atoms with Gasteiger partial charge in [-0.25, -0.2) is 9.97 Å². The minimum absolute atomic E-state index is 0.0553. The van der Waals surface area contributed by atoms with Crippen LogP contribution >= 0.6 is 11.6 Å². The molecule has 0 aromatic carbocycles. The molecule has 112 valence electrons. The van der Waals surface area contributed by atoms with Gasteiger partial charge in [-0.2, -0.15) is 0 Å². The van der Waals surface area contributed by atoms with Crippen molar-refractivity contribution in [3.63, 3.8) is 0 Å². The lowest BCUT2D eigenvalue weighted by atomic mass is 9.89. The van der Waals surface area contributed by atoms with Gasteiger partial charge in [0.05, 0.1) is 5.39 Å². The second kappa shape index (κ2) is 5.73. The van der Waals surface area contributed by atoms with Gasteiger partial charge in [0.2, 0.25) is 0 Å². The van der Waals surface area contributed by atoms with Crippen LogP contribution < -0.4 is 5.56 Å². The molecular formula is C15H19ClN4O. The van der Waals surface area contributed by atoms with Crippen LogP contribution in [0.3, 0.4) is 0 Å². The zero-order valence-electron chi connectivity index (χ0n) is 12.3. The van der Waals surface area contributed by atoms with E-state index in [1.807, 2.05) is 6.07 Å². The molecule has 1 N–H and O–H groups in total. The highest BCUT2D eigenvalue weighted by Gasteiger charge is 2.24. The minimum atomic E-state index is -0.0553. The molecular weight excluding hydrogens is 288 g/mol. The Morgan fingerprint density at radius 2 is 2.05 bits per heavy atom. The summed E-state index contributed by atoms with van der Waals surface area (Å²) in [5.74, 6) is 0.282. The maximum Gasteiger partial charge on any atom is 0.253 e. The highest BCUT2D eigenvalue weighted by atomic mass is 35.5. The van der Waals surface area contributed by atoms with Crippen molar-refractivity contribution < 1.29 is 0 Å². The molecule has 0 spiro atoms. The number of hydrogen-bond acceptors (Lipinski definition) is 4. The molecule has 6 heteroatoms. The summed E-state index contributed by atoms with van der Waals surface area (Å²) in [5.41, 5.74) is 1.26. The van der Waals surface area contributed by atoms with Gasteiger partial charge >= 0.3 is 0 Å². The number of nitrogens with one attached hydrogen (secondary N) is 1. The van der Waals surface area contributed by atoms with E-state index in [4.69, 9.17) is 11.6 Å². The average Bonchev–Trinajstić information content (AvgIpc) is 2.47. The van der Waals surface area contributed by atoms with Gasteiger partial charge in [0.25, 0.3) is 5.56 Å². The topological polar surface area (TPSA) is 61.9 Å². The molecule has 1 saturated heterocycles. The second-order valence-corrected chi connectivity index (χ2v) is 6.24. The quantitative estimate of drug-likeness (QED) is 0.866. The van der Waals surface area contributed by atoms with E-state index in [0.717, 1.165) is 36.9 Å². The lowest BCUT2D eigenvalue weighted by Gasteiger charge is -2.34. The largest absolute Gasteiger partial charge is 0.306 e. The molecule has 2 aromatic heterocycles. The van der Waals surface area contributed by atoms with Gasteiger partial charge in [0, 0.05) is 11.6 Å². The minimum Gasteiger partial charge on any atom is -0.306 e. The van der Waals surface area contributed by atoms with Crippen LogP contribution in [-0.2, 0) is 0 Å². The number of aromatic amines is 1. The summed E-state index contributed by atoms with van der Waals surface area (Å²) in [6.45, 7) is 6.47. The third-order valence-electron chi connectivity index (χ3n) is 4.33. The number of piperidine rings is 1. The third-order valence-corrected chi connectivity index (χ3v) is 4.63. The molecule has 0 unspecified atom stereocenters. The molecule has 1 fully saturated rings. The number of rotatable bonds is 2. The molecule has 1 aliphatic heterocycles. The Labute approximate surface area is 128 Å². The van der Waals surface area contributed by atoms with Gasteiger partial charge < -0.3 is 9.88 Å². The Hall–Kier alpha value is -1.46. The number of fused-ring (bicyclic) bond motifs is 1. The first-order valence-electron chi connectivity index (χ1n) is 7.33. The van der Waals surface area contributed by atoms with E-state index in [-0.39, 0.29) is 11.5 Å². The Balaban J connectivity index is 1.93. The molecule has 2 aromatic rings. The first-order valence-corrected chi connectivity index (χ1v) is 7.71. The van der Waals surface area contributed by atoms with Gasteiger partial charge in [0.1, 0.15) is 17.1 Å². The van der Waals surface area contributed by atoms with Gasteiger partial charge in [-0.15, -0.1) is 0 Å². The fraction of sp³-hybridized carbons (Fsp3) is 0.533. The third kappa shape index (κ3) is 2.80. The number of H-pyrrole nitrogens is 1. The van der Waals surface area contributed by atoms with E-state index in [2.05, 4.69) is 33.7 Å². The van der Waals surface area contributed by atoms with Crippen LogP contribution in [-0.4, -0.2) is 39.0 Å². The van der Waals surface area contributed by atoms with Crippen molar-refractivity contribution in [2.24, 2.45) is 0 Å². The van der Waals surface area contributed by atoms with Crippen molar-refractivity contribution in [1.82, 2.24) is 19.9 Å². The van der Waals surface area contributed by atoms with Gasteiger partial charge in [-0.1, -0.05) is 11.6 Å². The molecule has 3 rings (SSSR count). The van der Waals surface area contributed by atoms with E-state index in [9.17, 15) is 4.79 Å². The predicted molar refractivity (Wildman–Crippen MR) is 83.9 cm³/mol. The lowest BCUT2D eigenvalue weighted by molar-refractivity contribution is 0.171. The van der Waals surface area contributed by atoms with Crippen molar-refractivity contribution in [1.29, 1.82) is 0 Å². The van der Waals surface area contributed by atoms with Crippen LogP contribution in [0.1, 0.15) is 38.2 Å². The average molecular weight is 307 g/mol. The fourth-order valence-corrected chi connectivity index (χ4v) is 3.22. The lowest BCUT2D eigenvalue weighted by Crippen LogP contribution is -2.38. The first-order chi connectivity index (χ1) is 10.1. The monoisotopic (exact) mass is 306 g/mol. The van der Waals surface area contributed by atoms with Crippen LogP contribution in [0.25, 0.3) is 11.0 Å². The van der Waals surface area contributed by atoms with Crippen LogP contribution in [0.2, 0.25) is 5.15 Å². The molecule has 1 aliphatic rings. The van der Waals surface area contributed by atoms with E-state index >= 15 is 0 Å². The predicted octanol–water partition coefficient (Wildman–Crippen LogP) is 2.56. The summed E-state index contributed by atoms with van der Waals surface area (Å²) < 4.78 is 0. The number of halogens is 1. The van der Waals surface area contributed by atoms with Crippen LogP contribution in [0.15, 0.2) is 17.2 Å². The zero-order chi connectivity index (χ0) is 15.0. The molecule has 0 aliphatic carbocycles. The Morgan fingerprint density at radius 1 is 1.33 bits per heavy atom. The highest BCUT2D eigenvalue weighted by Crippen LogP contribution is 2.28. The van der Waals surface area contributed by atoms with E-state index in [1.165, 1.54) is 6.33 Å². The molecule has 0 bridgehead atoms. The van der Waals surface area contributed by atoms with Crippen molar-refractivity contribution in [3.8, 4) is 0 Å². The van der Waals surface area contributed by atoms with Crippen molar-refractivity contribution in [2.75, 3.05) is 13.1 Å². The van der Waals surface area contributed by atoms with Gasteiger partial charge in [-0.05, 0) is 51.8 Å². The van der Waals surface area contributed by atoms with Gasteiger partial charge in [-0.3, -0.25) is 4.79 Å². The zero-order valence-corrected chi connectivity index (χ0v) is 13.0. The number of aromatic nitrogens is 3. The normalized spacial score (nSPS) is 17.7. The summed E-state index contributed by atoms with van der Waals surface area (Å²) >= 11 is 6.10. The summed E-state index contributed by atoms with van der Waals surface area (Å²) in [4.78, 5) is 25.6. The SMILES string of the molecule is CC(C)N1CCC(c2cc3c(Cl)ncnc3[nH]c2=O)CC1. The number of pyridine rings is 1. The molecule has 0 radical (unpaired) electrons. The van der Waals surface area contributed by atoms with Gasteiger partial charge in [0.15, 0.2) is 0 Å². The van der Waals surface area contributed by atoms with E-state index in [1.54, 1.807) is 0 Å². The number of nitrogens with zero attached hydrogens (tertiary/aromatic N) is 3. The van der Waals surface area contributed by atoms with Crippen molar-refractivity contribution in [3.05, 3.63) is 33.5 Å². The summed E-state index contributed by atoms with van der Waals surface area (Å²) in [7, 11) is 0. The van der Waals surface area contributed by atoms with Crippen LogP contribution in [0, 0.1) is 0 Å². The molecule has 0 saturated carbocycles. The maximum absolute atomic E-state index is 12.3. The fourth-order valence-electron chi connectivity index (χ4n) is 3.03. The molecule has 3 heterocycles. The molecule has 21 heavy (non-hydrogen) atoms. The number of likely N-dealkylation sites (tertiary alicyclic amines) is 1. The number of hydrogen-bond donors (Lipinski definition) is 1. The van der Waals surface area contributed by atoms with Crippen LogP contribution in [0.5, 0.6) is 0 Å². The molecule has 5 nitrogen and oxygen atoms in total. The Bertz CT molecular complexity index is 704. The summed E-state index contributed by atoms with van der Waals surface area (Å²) in [5, 5.41) is 1.11. The summed E-state index contributed by atoms with van der Waals surface area (Å²) in [6.07, 6.45) is 3.36. The van der Waals surface area contributed by atoms with E-state index in [0.29, 0.717) is 16.8 Å². The molecule has 0 atom stereocenters. The summed E-state index contributed by atoms with van der Waals surface area (Å²) in [6, 6.07) is 2.43. The Morgan fingerprint density at radius 3 is 2.71 bits per heavy atom. The van der Waals surface area contributed by atoms with Crippen molar-refractivity contribution in [2.45, 2.75) is 38.6 Å². The smallest absolute Gasteiger partial charge is 0.253 e. The van der Waals surface area contributed by atoms with Crippen molar-refractivity contribution >= 4 is 22.6 Å². The van der Waals surface area contributed by atoms with E-state index < -0.39 is 0 Å². The standard InChI is InChI=1S/C15H19ClN4O/c1-9(2)20-5-3-10(4-6-20)11-7-12-13(16)17-8-18-14(12)19-15(11)21/h7-10H,3-6H2,1-2H3,(H,17,18,19,21). The first kappa shape index (κ1) is 14.5. The Kier molecular flexibility index (Phi) is 3.95. The van der Waals surface area contributed by atoms with Crippen LogP contribution in [0.4, 0.5) is 0 Å². The highest BCUT2D eigenvalue weighted by molar-refractivity contribution is 6.33.